The summed E-state index contributed by atoms with van der Waals surface area (Å²) in [6, 6.07) is 0.714. The van der Waals surface area contributed by atoms with E-state index in [2.05, 4.69) is 24.1 Å². The zero-order valence-corrected chi connectivity index (χ0v) is 12.3. The molecule has 110 valence electrons. The van der Waals surface area contributed by atoms with Gasteiger partial charge in [0.15, 0.2) is 0 Å². The molecule has 0 bridgehead atoms. The van der Waals surface area contributed by atoms with Crippen LogP contribution in [0.3, 0.4) is 0 Å². The van der Waals surface area contributed by atoms with E-state index in [1.807, 2.05) is 0 Å². The number of carboxylic acids is 1. The van der Waals surface area contributed by atoms with E-state index in [1.54, 1.807) is 0 Å². The van der Waals surface area contributed by atoms with Crippen LogP contribution in [-0.2, 0) is 4.79 Å². The van der Waals surface area contributed by atoms with Crippen molar-refractivity contribution in [1.82, 2.24) is 10.2 Å². The molecule has 1 unspecified atom stereocenters. The van der Waals surface area contributed by atoms with Gasteiger partial charge in [0, 0.05) is 24.2 Å². The molecule has 4 heteroatoms. The first kappa shape index (κ1) is 14.8. The van der Waals surface area contributed by atoms with Crippen molar-refractivity contribution in [3.8, 4) is 0 Å². The van der Waals surface area contributed by atoms with Gasteiger partial charge in [-0.2, -0.15) is 0 Å². The largest absolute Gasteiger partial charge is 0.481 e. The van der Waals surface area contributed by atoms with Crippen LogP contribution < -0.4 is 5.32 Å². The second-order valence-corrected chi connectivity index (χ2v) is 6.72. The van der Waals surface area contributed by atoms with E-state index in [-0.39, 0.29) is 18.0 Å². The number of carbonyl (C=O) groups is 1. The van der Waals surface area contributed by atoms with Crippen LogP contribution in [0.2, 0.25) is 0 Å². The van der Waals surface area contributed by atoms with Crippen molar-refractivity contribution in [3.63, 3.8) is 0 Å². The molecule has 1 saturated heterocycles. The minimum absolute atomic E-state index is 0.103. The van der Waals surface area contributed by atoms with E-state index in [0.29, 0.717) is 6.04 Å². The minimum Gasteiger partial charge on any atom is -0.481 e. The van der Waals surface area contributed by atoms with Crippen LogP contribution in [-0.4, -0.2) is 46.7 Å². The number of nitrogens with one attached hydrogen (secondary N) is 1. The number of carboxylic acid groups (broad SMARTS) is 1. The Kier molecular flexibility index (Phi) is 4.85. The van der Waals surface area contributed by atoms with E-state index >= 15 is 0 Å². The lowest BCUT2D eigenvalue weighted by atomic mass is 9.87. The second kappa shape index (κ2) is 6.23. The van der Waals surface area contributed by atoms with E-state index in [0.717, 1.165) is 19.5 Å². The van der Waals surface area contributed by atoms with Gasteiger partial charge >= 0.3 is 5.97 Å². The van der Waals surface area contributed by atoms with Crippen molar-refractivity contribution < 1.29 is 9.90 Å². The highest BCUT2D eigenvalue weighted by Crippen LogP contribution is 2.33. The zero-order chi connectivity index (χ0) is 13.9. The number of rotatable bonds is 3. The molecule has 0 radical (unpaired) electrons. The standard InChI is InChI=1S/C15H28N2O2/c1-15(2)8-9-16-11-13(10-14(18)19)17(15)12-6-4-3-5-7-12/h12-13,16H,3-11H2,1-2H3,(H,18,19). The maximum absolute atomic E-state index is 11.2. The zero-order valence-electron chi connectivity index (χ0n) is 12.3. The average molecular weight is 268 g/mol. The van der Waals surface area contributed by atoms with Crippen molar-refractivity contribution in [1.29, 1.82) is 0 Å². The lowest BCUT2D eigenvalue weighted by molar-refractivity contribution is -0.139. The highest BCUT2D eigenvalue weighted by molar-refractivity contribution is 5.67. The van der Waals surface area contributed by atoms with Crippen molar-refractivity contribution in [2.75, 3.05) is 13.1 Å². The van der Waals surface area contributed by atoms with Crippen LogP contribution in [0.25, 0.3) is 0 Å². The number of nitrogens with zero attached hydrogens (tertiary/aromatic N) is 1. The van der Waals surface area contributed by atoms with Gasteiger partial charge in [0.05, 0.1) is 6.42 Å². The molecule has 0 aromatic carbocycles. The van der Waals surface area contributed by atoms with Gasteiger partial charge in [-0.05, 0) is 39.7 Å². The lowest BCUT2D eigenvalue weighted by Gasteiger charge is -2.48. The van der Waals surface area contributed by atoms with Gasteiger partial charge in [-0.25, -0.2) is 0 Å². The molecule has 1 aliphatic carbocycles. The quantitative estimate of drug-likeness (QED) is 0.824. The minimum atomic E-state index is -0.676. The first-order chi connectivity index (χ1) is 9.00. The smallest absolute Gasteiger partial charge is 0.304 e. The van der Waals surface area contributed by atoms with E-state index in [4.69, 9.17) is 0 Å². The van der Waals surface area contributed by atoms with Crippen LogP contribution >= 0.6 is 0 Å². The molecule has 0 spiro atoms. The molecule has 2 N–H and O–H groups in total. The molecule has 0 aromatic heterocycles. The highest BCUT2D eigenvalue weighted by Gasteiger charge is 2.39. The van der Waals surface area contributed by atoms with E-state index < -0.39 is 5.97 Å². The third kappa shape index (κ3) is 3.69. The summed E-state index contributed by atoms with van der Waals surface area (Å²) >= 11 is 0. The Balaban J connectivity index is 2.18. The fourth-order valence-electron chi connectivity index (χ4n) is 3.91. The van der Waals surface area contributed by atoms with Crippen molar-refractivity contribution >= 4 is 5.97 Å². The molecule has 2 aliphatic rings. The second-order valence-electron chi connectivity index (χ2n) is 6.72. The summed E-state index contributed by atoms with van der Waals surface area (Å²) in [7, 11) is 0. The summed E-state index contributed by atoms with van der Waals surface area (Å²) in [5.41, 5.74) is 0.103. The molecule has 1 aliphatic heterocycles. The monoisotopic (exact) mass is 268 g/mol. The Morgan fingerprint density at radius 2 is 2.00 bits per heavy atom. The fraction of sp³-hybridized carbons (Fsp3) is 0.933. The Labute approximate surface area is 116 Å². The third-order valence-corrected chi connectivity index (χ3v) is 4.76. The Morgan fingerprint density at radius 1 is 1.32 bits per heavy atom. The number of hydrogen-bond donors (Lipinski definition) is 2. The number of hydrogen-bond acceptors (Lipinski definition) is 3. The first-order valence-corrected chi connectivity index (χ1v) is 7.71. The molecular formula is C15H28N2O2. The van der Waals surface area contributed by atoms with Crippen LogP contribution in [0, 0.1) is 0 Å². The van der Waals surface area contributed by atoms with Gasteiger partial charge in [0.1, 0.15) is 0 Å². The van der Waals surface area contributed by atoms with E-state index in [1.165, 1.54) is 32.1 Å². The highest BCUT2D eigenvalue weighted by atomic mass is 16.4. The normalized spacial score (nSPS) is 29.9. The molecule has 19 heavy (non-hydrogen) atoms. The van der Waals surface area contributed by atoms with Gasteiger partial charge in [-0.15, -0.1) is 0 Å². The van der Waals surface area contributed by atoms with Crippen molar-refractivity contribution in [3.05, 3.63) is 0 Å². The van der Waals surface area contributed by atoms with E-state index in [9.17, 15) is 9.90 Å². The summed E-state index contributed by atoms with van der Waals surface area (Å²) in [4.78, 5) is 13.7. The Morgan fingerprint density at radius 3 is 2.63 bits per heavy atom. The molecule has 0 amide bonds. The first-order valence-electron chi connectivity index (χ1n) is 7.71. The molecule has 1 heterocycles. The Hall–Kier alpha value is -0.610. The van der Waals surface area contributed by atoms with Gasteiger partial charge in [-0.3, -0.25) is 9.69 Å². The van der Waals surface area contributed by atoms with Crippen molar-refractivity contribution in [2.24, 2.45) is 0 Å². The summed E-state index contributed by atoms with van der Waals surface area (Å²) in [6.45, 7) is 6.37. The van der Waals surface area contributed by atoms with Gasteiger partial charge in [0.25, 0.3) is 0 Å². The predicted octanol–water partition coefficient (Wildman–Crippen LogP) is 2.24. The van der Waals surface area contributed by atoms with Gasteiger partial charge in [0.2, 0.25) is 0 Å². The average Bonchev–Trinajstić information content (AvgIpc) is 2.48. The maximum Gasteiger partial charge on any atom is 0.304 e. The van der Waals surface area contributed by atoms with Gasteiger partial charge < -0.3 is 10.4 Å². The van der Waals surface area contributed by atoms with Crippen molar-refractivity contribution in [2.45, 2.75) is 76.4 Å². The van der Waals surface area contributed by atoms with Crippen LogP contribution in [0.5, 0.6) is 0 Å². The SMILES string of the molecule is CC1(C)CCNCC(CC(=O)O)N1C1CCCCC1. The fourth-order valence-corrected chi connectivity index (χ4v) is 3.91. The maximum atomic E-state index is 11.2. The molecule has 4 nitrogen and oxygen atoms in total. The molecule has 1 saturated carbocycles. The summed E-state index contributed by atoms with van der Waals surface area (Å²) in [5.74, 6) is -0.676. The topological polar surface area (TPSA) is 52.6 Å². The van der Waals surface area contributed by atoms with Gasteiger partial charge in [-0.1, -0.05) is 19.3 Å². The molecule has 1 atom stereocenters. The number of aliphatic carboxylic acids is 1. The molecule has 2 fully saturated rings. The summed E-state index contributed by atoms with van der Waals surface area (Å²) in [5, 5.41) is 12.6. The predicted molar refractivity (Wildman–Crippen MR) is 76.3 cm³/mol. The summed E-state index contributed by atoms with van der Waals surface area (Å²) in [6.07, 6.45) is 7.76. The summed E-state index contributed by atoms with van der Waals surface area (Å²) < 4.78 is 0. The lowest BCUT2D eigenvalue weighted by Crippen LogP contribution is -2.56. The molecule has 0 aromatic rings. The van der Waals surface area contributed by atoms with Crippen LogP contribution in [0.1, 0.15) is 58.8 Å². The van der Waals surface area contributed by atoms with Crippen LogP contribution in [0.15, 0.2) is 0 Å². The molecular weight excluding hydrogens is 240 g/mol. The molecule has 2 rings (SSSR count). The third-order valence-electron chi connectivity index (χ3n) is 4.76. The van der Waals surface area contributed by atoms with Crippen LogP contribution in [0.4, 0.5) is 0 Å². The Bertz CT molecular complexity index is 311.